The predicted molar refractivity (Wildman–Crippen MR) is 75.8 cm³/mol. The molecule has 1 aliphatic heterocycles. The number of aryl methyl sites for hydroxylation is 1. The Morgan fingerprint density at radius 1 is 1.53 bits per heavy atom. The van der Waals surface area contributed by atoms with E-state index in [2.05, 4.69) is 10.4 Å². The summed E-state index contributed by atoms with van der Waals surface area (Å²) in [5, 5.41) is 7.43. The van der Waals surface area contributed by atoms with E-state index in [-0.39, 0.29) is 11.3 Å². The summed E-state index contributed by atoms with van der Waals surface area (Å²) in [4.78, 5) is 0. The molecular formula is C13H23N3O2S. The number of nitrogens with zero attached hydrogens (tertiary/aromatic N) is 2. The molecule has 1 aromatic rings. The number of sulfone groups is 1. The molecule has 0 spiro atoms. The van der Waals surface area contributed by atoms with Crippen LogP contribution in [0.25, 0.3) is 0 Å². The van der Waals surface area contributed by atoms with Gasteiger partial charge in [-0.1, -0.05) is 13.3 Å². The van der Waals surface area contributed by atoms with Gasteiger partial charge in [0.2, 0.25) is 0 Å². The zero-order valence-corrected chi connectivity index (χ0v) is 12.5. The Labute approximate surface area is 115 Å². The van der Waals surface area contributed by atoms with Crippen molar-refractivity contribution >= 4 is 9.84 Å². The Bertz CT molecular complexity index is 510. The number of hydrogen-bond donors (Lipinski definition) is 1. The van der Waals surface area contributed by atoms with Crippen molar-refractivity contribution in [3.63, 3.8) is 0 Å². The smallest absolute Gasteiger partial charge is 0.154 e. The van der Waals surface area contributed by atoms with Crippen molar-refractivity contribution < 1.29 is 8.42 Å². The lowest BCUT2D eigenvalue weighted by atomic mass is 10.0. The molecule has 1 fully saturated rings. The highest BCUT2D eigenvalue weighted by atomic mass is 32.2. The summed E-state index contributed by atoms with van der Waals surface area (Å²) in [6, 6.07) is 1.94. The van der Waals surface area contributed by atoms with Crippen LogP contribution in [0, 0.1) is 0 Å². The first-order valence-electron chi connectivity index (χ1n) is 6.96. The molecule has 5 nitrogen and oxygen atoms in total. The van der Waals surface area contributed by atoms with E-state index in [0.29, 0.717) is 12.2 Å². The minimum Gasteiger partial charge on any atom is -0.313 e. The fourth-order valence-corrected chi connectivity index (χ4v) is 4.95. The van der Waals surface area contributed by atoms with Gasteiger partial charge in [-0.2, -0.15) is 5.10 Å². The first kappa shape index (κ1) is 14.5. The van der Waals surface area contributed by atoms with Crippen LogP contribution >= 0.6 is 0 Å². The molecule has 2 rings (SSSR count). The largest absolute Gasteiger partial charge is 0.313 e. The molecule has 108 valence electrons. The highest BCUT2D eigenvalue weighted by Gasteiger charge is 2.35. The number of hydrogen-bond acceptors (Lipinski definition) is 4. The number of likely N-dealkylation sites (N-methyl/N-ethyl adjacent to an activating group) is 1. The normalized spacial score (nSPS) is 24.2. The van der Waals surface area contributed by atoms with Gasteiger partial charge in [-0.3, -0.25) is 4.68 Å². The van der Waals surface area contributed by atoms with Gasteiger partial charge in [-0.05, 0) is 25.5 Å². The Morgan fingerprint density at radius 3 is 2.89 bits per heavy atom. The maximum absolute atomic E-state index is 12.2. The van der Waals surface area contributed by atoms with Crippen molar-refractivity contribution in [2.75, 3.05) is 12.3 Å². The maximum Gasteiger partial charge on any atom is 0.154 e. The molecule has 19 heavy (non-hydrogen) atoms. The lowest BCUT2D eigenvalue weighted by Gasteiger charge is -2.30. The van der Waals surface area contributed by atoms with E-state index < -0.39 is 9.84 Å². The molecule has 0 amide bonds. The number of rotatable bonds is 5. The third-order valence-corrected chi connectivity index (χ3v) is 6.09. The third-order valence-electron chi connectivity index (χ3n) is 3.74. The highest BCUT2D eigenvalue weighted by molar-refractivity contribution is 7.92. The number of nitrogens with one attached hydrogen (secondary N) is 1. The summed E-state index contributed by atoms with van der Waals surface area (Å²) >= 11 is 0. The molecule has 0 aliphatic carbocycles. The van der Waals surface area contributed by atoms with Gasteiger partial charge in [0.1, 0.15) is 0 Å². The second kappa shape index (κ2) is 6.05. The zero-order valence-electron chi connectivity index (χ0n) is 11.7. The van der Waals surface area contributed by atoms with Gasteiger partial charge in [0.15, 0.2) is 9.84 Å². The fourth-order valence-electron chi connectivity index (χ4n) is 2.83. The summed E-state index contributed by atoms with van der Waals surface area (Å²) in [5.41, 5.74) is 0.953. The van der Waals surface area contributed by atoms with Crippen molar-refractivity contribution in [1.82, 2.24) is 15.1 Å². The van der Waals surface area contributed by atoms with Crippen LogP contribution in [0.3, 0.4) is 0 Å². The molecule has 2 unspecified atom stereocenters. The third kappa shape index (κ3) is 3.57. The van der Waals surface area contributed by atoms with Gasteiger partial charge in [-0.25, -0.2) is 8.42 Å². The van der Waals surface area contributed by atoms with Crippen LogP contribution < -0.4 is 5.32 Å². The van der Waals surface area contributed by atoms with Gasteiger partial charge >= 0.3 is 0 Å². The van der Waals surface area contributed by atoms with Crippen LogP contribution in [0.15, 0.2) is 12.3 Å². The van der Waals surface area contributed by atoms with Gasteiger partial charge in [0.05, 0.1) is 16.7 Å². The first-order valence-corrected chi connectivity index (χ1v) is 8.68. The Morgan fingerprint density at radius 2 is 2.32 bits per heavy atom. The first-order chi connectivity index (χ1) is 9.03. The molecule has 1 N–H and O–H groups in total. The van der Waals surface area contributed by atoms with Gasteiger partial charge in [-0.15, -0.1) is 0 Å². The van der Waals surface area contributed by atoms with Gasteiger partial charge in [0.25, 0.3) is 0 Å². The second-order valence-corrected chi connectivity index (χ2v) is 7.59. The molecule has 1 aromatic heterocycles. The summed E-state index contributed by atoms with van der Waals surface area (Å²) in [6.45, 7) is 2.80. The molecule has 2 atom stereocenters. The summed E-state index contributed by atoms with van der Waals surface area (Å²) < 4.78 is 26.2. The molecule has 0 bridgehead atoms. The van der Waals surface area contributed by atoms with E-state index in [9.17, 15) is 8.42 Å². The van der Waals surface area contributed by atoms with Crippen molar-refractivity contribution in [2.45, 2.75) is 43.9 Å². The van der Waals surface area contributed by atoms with E-state index >= 15 is 0 Å². The van der Waals surface area contributed by atoms with Crippen LogP contribution in [0.1, 0.15) is 31.9 Å². The topological polar surface area (TPSA) is 64.0 Å². The van der Waals surface area contributed by atoms with E-state index in [1.165, 1.54) is 0 Å². The summed E-state index contributed by atoms with van der Waals surface area (Å²) in [7, 11) is -1.08. The molecule has 0 saturated carbocycles. The zero-order chi connectivity index (χ0) is 13.9. The minimum absolute atomic E-state index is 0.0230. The van der Waals surface area contributed by atoms with Crippen LogP contribution in [-0.4, -0.2) is 41.8 Å². The Balaban J connectivity index is 2.14. The van der Waals surface area contributed by atoms with E-state index in [1.807, 2.05) is 26.2 Å². The van der Waals surface area contributed by atoms with Crippen molar-refractivity contribution in [1.29, 1.82) is 0 Å². The van der Waals surface area contributed by atoms with Crippen molar-refractivity contribution in [3.05, 3.63) is 18.0 Å². The molecule has 1 saturated heterocycles. The van der Waals surface area contributed by atoms with Crippen molar-refractivity contribution in [2.24, 2.45) is 7.05 Å². The predicted octanol–water partition coefficient (Wildman–Crippen LogP) is 0.908. The van der Waals surface area contributed by atoms with E-state index in [0.717, 1.165) is 31.5 Å². The van der Waals surface area contributed by atoms with Crippen LogP contribution in [0.4, 0.5) is 0 Å². The van der Waals surface area contributed by atoms with Crippen LogP contribution in [0.5, 0.6) is 0 Å². The average molecular weight is 285 g/mol. The molecular weight excluding hydrogens is 262 g/mol. The van der Waals surface area contributed by atoms with E-state index in [4.69, 9.17) is 0 Å². The Kier molecular flexibility index (Phi) is 4.62. The lowest BCUT2D eigenvalue weighted by molar-refractivity contribution is 0.437. The maximum atomic E-state index is 12.2. The summed E-state index contributed by atoms with van der Waals surface area (Å²) in [5.74, 6) is 0.335. The standard InChI is InChI=1S/C13H23N3O2S/c1-3-14-12(10-11-7-8-16(2)15-11)13-6-4-5-9-19(13,17)18/h7-8,12-14H,3-6,9-10H2,1-2H3. The van der Waals surface area contributed by atoms with E-state index in [1.54, 1.807) is 4.68 Å². The molecule has 6 heteroatoms. The van der Waals surface area contributed by atoms with Crippen LogP contribution in [-0.2, 0) is 23.3 Å². The van der Waals surface area contributed by atoms with Crippen molar-refractivity contribution in [3.8, 4) is 0 Å². The SMILES string of the molecule is CCNC(Cc1ccn(C)n1)C1CCCCS1(=O)=O. The molecule has 0 aromatic carbocycles. The minimum atomic E-state index is -2.96. The second-order valence-electron chi connectivity index (χ2n) is 5.25. The summed E-state index contributed by atoms with van der Waals surface area (Å²) in [6.07, 6.45) is 5.16. The molecule has 2 heterocycles. The lowest BCUT2D eigenvalue weighted by Crippen LogP contribution is -2.48. The molecule has 1 aliphatic rings. The van der Waals surface area contributed by atoms with Crippen LogP contribution in [0.2, 0.25) is 0 Å². The highest BCUT2D eigenvalue weighted by Crippen LogP contribution is 2.24. The monoisotopic (exact) mass is 285 g/mol. The Hall–Kier alpha value is -0.880. The fraction of sp³-hybridized carbons (Fsp3) is 0.769. The quantitative estimate of drug-likeness (QED) is 0.873. The van der Waals surface area contributed by atoms with Gasteiger partial charge in [0, 0.05) is 25.7 Å². The number of aromatic nitrogens is 2. The molecule has 0 radical (unpaired) electrons. The average Bonchev–Trinajstić information content (AvgIpc) is 2.74. The van der Waals surface area contributed by atoms with Gasteiger partial charge < -0.3 is 5.32 Å².